The van der Waals surface area contributed by atoms with Gasteiger partial charge in [-0.1, -0.05) is 317 Å². The molecule has 6 bridgehead atoms. The monoisotopic (exact) mass is 1260 g/mol. The summed E-state index contributed by atoms with van der Waals surface area (Å²) in [5, 5.41) is 0. The van der Waals surface area contributed by atoms with E-state index >= 15 is 0 Å². The van der Waals surface area contributed by atoms with E-state index in [9.17, 15) is 19.2 Å². The molecule has 1 aliphatic rings. The maximum Gasteiger partial charge on any atom is 0.0657 e. The first-order valence-corrected chi connectivity index (χ1v) is 32.8. The van der Waals surface area contributed by atoms with Crippen molar-refractivity contribution in [1.82, 2.24) is 0 Å². The highest BCUT2D eigenvalue weighted by Crippen LogP contribution is 2.54. The lowest BCUT2D eigenvalue weighted by Gasteiger charge is -2.35. The van der Waals surface area contributed by atoms with Crippen LogP contribution in [0.15, 0.2) is 375 Å². The van der Waals surface area contributed by atoms with Crippen LogP contribution in [0.5, 0.6) is 0 Å². The molecule has 0 fully saturated rings. The van der Waals surface area contributed by atoms with E-state index in [0.29, 0.717) is 92.0 Å². The van der Waals surface area contributed by atoms with Crippen LogP contribution in [0.4, 0.5) is 34.1 Å². The molecule has 0 N–H and O–H groups in total. The number of rotatable bonds is 13. The Kier molecular flexibility index (Phi) is 12.0. The van der Waals surface area contributed by atoms with E-state index in [4.69, 9.17) is 4.11 Å². The Hall–Kier alpha value is -10.3. The van der Waals surface area contributed by atoms with Crippen molar-refractivity contribution in [2.75, 3.05) is 9.80 Å². The Balaban J connectivity index is 1.15. The van der Waals surface area contributed by atoms with Gasteiger partial charge >= 0.3 is 0 Å². The highest BCUT2D eigenvalue weighted by atomic mass is 32.2. The molecule has 0 aliphatic carbocycles. The average Bonchev–Trinajstić information content (AvgIpc) is 0.716. The van der Waals surface area contributed by atoms with Gasteiger partial charge in [0.25, 0.3) is 0 Å². The molecule has 0 saturated heterocycles. The van der Waals surface area contributed by atoms with Crippen molar-refractivity contribution in [2.45, 2.75) is 55.6 Å². The SMILES string of the molecule is [2H]c1c([2H])c([2H])c(-c2c([2H])c([2H])c([2H])c(N(c3cc(N(c4c(-c5ccccc5)cccc4-c4ccccc4)c4c([2H])c5cc(c4[2H])Sc4cc(c([2H])c(-c6ccccc6)c4[2H])Sc4cc(c([2H])c(-c6ccccc6)c4[2H])S5)c([2H])c(C(C)(C)C)c3[2H])c3c(-c4ccccc4)cccc3-c3ccccc3)c2[2H])c([2H])c1[2H]. The Morgan fingerprint density at radius 1 is 0.258 bits per heavy atom. The summed E-state index contributed by atoms with van der Waals surface area (Å²) in [5.74, 6) is 0. The molecule has 1 aliphatic heterocycles. The smallest absolute Gasteiger partial charge is 0.0657 e. The van der Waals surface area contributed by atoms with E-state index in [0.717, 1.165) is 23.5 Å². The standard InChI is InChI=1S/C88H66N2S3/c1-88(2,3)71-53-73(89(72-43-25-42-68(48-72)61-28-11-4-12-29-61)86-82(64-34-17-7-18-35-64)44-26-45-83(86)65-36-19-8-20-37-65)55-74(54-71)90(87-84(66-38-21-9-22-39-66)46-27-47-85(87)67-40-23-10-24-41-67)75-56-80-60-81(57-75)93-79-52-70(63-32-15-6-16-33-63)50-77(59-79)91-76-49-69(51-78(58-76)92-80)62-30-13-5-14-31-62/h4-60H,1-3H3/i4D,11D,12D,25D,28D,29D,42D,43D,48D,49D,50D,51D,52D,53D,54D,56D,57D. The third kappa shape index (κ3) is 12.8. The van der Waals surface area contributed by atoms with Gasteiger partial charge in [-0.15, -0.1) is 0 Å². The van der Waals surface area contributed by atoms with Crippen molar-refractivity contribution in [1.29, 1.82) is 0 Å². The van der Waals surface area contributed by atoms with Gasteiger partial charge in [-0.3, -0.25) is 0 Å². The highest BCUT2D eigenvalue weighted by molar-refractivity contribution is 8.01. The van der Waals surface area contributed by atoms with E-state index in [1.807, 2.05) is 239 Å². The lowest BCUT2D eigenvalue weighted by molar-refractivity contribution is 0.590. The predicted octanol–water partition coefficient (Wildman–Crippen LogP) is 26.4. The molecule has 0 saturated carbocycles. The minimum absolute atomic E-state index is 0.0233. The zero-order valence-corrected chi connectivity index (χ0v) is 53.2. The Bertz CT molecular complexity index is 5740. The highest BCUT2D eigenvalue weighted by Gasteiger charge is 2.30. The van der Waals surface area contributed by atoms with Gasteiger partial charge in [-0.25, -0.2) is 0 Å². The van der Waals surface area contributed by atoms with Crippen molar-refractivity contribution >= 4 is 69.4 Å². The fourth-order valence-electron chi connectivity index (χ4n) is 11.4. The maximum atomic E-state index is 11.2. The van der Waals surface area contributed by atoms with Gasteiger partial charge in [0, 0.05) is 74.4 Å². The summed E-state index contributed by atoms with van der Waals surface area (Å²) in [4.78, 5) is 5.10. The van der Waals surface area contributed by atoms with Crippen LogP contribution in [0.3, 0.4) is 0 Å². The summed E-state index contributed by atoms with van der Waals surface area (Å²) >= 11 is 3.33. The summed E-state index contributed by atoms with van der Waals surface area (Å²) in [5.41, 5.74) is 4.00. The molecule has 0 unspecified atom stereocenters. The van der Waals surface area contributed by atoms with Gasteiger partial charge in [0.1, 0.15) is 0 Å². The van der Waals surface area contributed by atoms with Gasteiger partial charge in [0.05, 0.1) is 34.7 Å². The third-order valence-corrected chi connectivity index (χ3v) is 18.4. The lowest BCUT2D eigenvalue weighted by atomic mass is 9.85. The zero-order valence-electron chi connectivity index (χ0n) is 67.7. The van der Waals surface area contributed by atoms with Crippen molar-refractivity contribution < 1.29 is 23.3 Å². The van der Waals surface area contributed by atoms with Crippen LogP contribution >= 0.6 is 35.3 Å². The molecule has 15 rings (SSSR count). The molecule has 0 atom stereocenters. The van der Waals surface area contributed by atoms with Crippen molar-refractivity contribution in [3.8, 4) is 77.9 Å². The molecule has 0 radical (unpaired) electrons. The lowest BCUT2D eigenvalue weighted by Crippen LogP contribution is -2.19. The molecule has 0 aromatic heterocycles. The summed E-state index contributed by atoms with van der Waals surface area (Å²) < 4.78 is 171. The Morgan fingerprint density at radius 2 is 0.591 bits per heavy atom. The molecular weight excluding hydrogens is 1180 g/mol. The van der Waals surface area contributed by atoms with Crippen LogP contribution in [0.2, 0.25) is 0 Å². The first kappa shape index (κ1) is 42.7. The number of fused-ring (bicyclic) bond motifs is 6. The fourth-order valence-corrected chi connectivity index (χ4v) is 14.3. The van der Waals surface area contributed by atoms with E-state index in [2.05, 4.69) is 0 Å². The fraction of sp³-hybridized carbons (Fsp3) is 0.0455. The molecule has 0 spiro atoms. The quantitative estimate of drug-likeness (QED) is 0.113. The first-order valence-electron chi connectivity index (χ1n) is 38.8. The molecular formula is C88H66N2S3. The third-order valence-electron chi connectivity index (χ3n) is 15.7. The number of anilines is 6. The second kappa shape index (κ2) is 26.1. The van der Waals surface area contributed by atoms with Crippen molar-refractivity contribution in [2.24, 2.45) is 0 Å². The molecule has 2 nitrogen and oxygen atoms in total. The normalized spacial score (nSPS) is 14.5. The Labute approximate surface area is 583 Å². The van der Waals surface area contributed by atoms with Crippen LogP contribution in [0.1, 0.15) is 49.6 Å². The zero-order chi connectivity index (χ0) is 77.5. The topological polar surface area (TPSA) is 6.48 Å². The van der Waals surface area contributed by atoms with Gasteiger partial charge in [-0.2, -0.15) is 0 Å². The minimum Gasteiger partial charge on any atom is -0.309 e. The van der Waals surface area contributed by atoms with Gasteiger partial charge in [0.15, 0.2) is 0 Å². The van der Waals surface area contributed by atoms with Crippen molar-refractivity contribution in [3.05, 3.63) is 351 Å². The minimum atomic E-state index is -1.19. The number of nitrogens with zero attached hydrogens (tertiary/aromatic N) is 2. The molecule has 5 heteroatoms. The summed E-state index contributed by atoms with van der Waals surface area (Å²) in [6.07, 6.45) is 0. The number of para-hydroxylation sites is 2. The summed E-state index contributed by atoms with van der Waals surface area (Å²) in [6.45, 7) is 5.53. The van der Waals surface area contributed by atoms with Crippen LogP contribution < -0.4 is 9.80 Å². The second-order valence-corrected chi connectivity index (χ2v) is 26.3. The van der Waals surface area contributed by atoms with Crippen LogP contribution in [0, 0.1) is 0 Å². The molecule has 14 aromatic rings. The maximum absolute atomic E-state index is 11.2. The first-order chi connectivity index (χ1) is 52.9. The molecule has 0 amide bonds. The van der Waals surface area contributed by atoms with Crippen LogP contribution in [-0.4, -0.2) is 0 Å². The van der Waals surface area contributed by atoms with Crippen LogP contribution in [-0.2, 0) is 5.41 Å². The largest absolute Gasteiger partial charge is 0.309 e. The van der Waals surface area contributed by atoms with Crippen LogP contribution in [0.25, 0.3) is 77.9 Å². The molecule has 14 aromatic carbocycles. The number of benzene rings is 14. The van der Waals surface area contributed by atoms with E-state index in [1.165, 1.54) is 16.7 Å². The van der Waals surface area contributed by atoms with Crippen molar-refractivity contribution in [3.63, 3.8) is 0 Å². The Morgan fingerprint density at radius 3 is 0.957 bits per heavy atom. The van der Waals surface area contributed by atoms with Gasteiger partial charge in [0.2, 0.25) is 0 Å². The van der Waals surface area contributed by atoms with E-state index < -0.39 is 76.6 Å². The van der Waals surface area contributed by atoms with Gasteiger partial charge in [-0.05, 0) is 151 Å². The summed E-state index contributed by atoms with van der Waals surface area (Å²) in [6, 6.07) is 66.1. The summed E-state index contributed by atoms with van der Waals surface area (Å²) in [7, 11) is 0. The molecule has 446 valence electrons. The number of hydrogen-bond donors (Lipinski definition) is 0. The average molecular weight is 1260 g/mol. The second-order valence-electron chi connectivity index (χ2n) is 23.1. The van der Waals surface area contributed by atoms with E-state index in [-0.39, 0.29) is 86.4 Å². The molecule has 93 heavy (non-hydrogen) atoms. The van der Waals surface area contributed by atoms with E-state index in [1.54, 1.807) is 29.2 Å². The predicted molar refractivity (Wildman–Crippen MR) is 398 cm³/mol. The molecule has 1 heterocycles. The van der Waals surface area contributed by atoms with Gasteiger partial charge < -0.3 is 9.80 Å². The number of hydrogen-bond acceptors (Lipinski definition) is 5.